The molecule has 39 heavy (non-hydrogen) atoms. The lowest BCUT2D eigenvalue weighted by molar-refractivity contribution is 0.160. The van der Waals surface area contributed by atoms with Gasteiger partial charge >= 0.3 is 11.8 Å². The van der Waals surface area contributed by atoms with Gasteiger partial charge in [0, 0.05) is 24.2 Å². The summed E-state index contributed by atoms with van der Waals surface area (Å²) in [6.45, 7) is 6.62. The molecular weight excluding hydrogens is 567 g/mol. The third-order valence-electron chi connectivity index (χ3n) is 6.86. The molecule has 4 rings (SSSR count). The van der Waals surface area contributed by atoms with Crippen molar-refractivity contribution >= 4 is 56.1 Å². The van der Waals surface area contributed by atoms with Gasteiger partial charge in [-0.1, -0.05) is 42.8 Å². The number of amides is 1. The van der Waals surface area contributed by atoms with E-state index in [9.17, 15) is 22.8 Å². The van der Waals surface area contributed by atoms with Gasteiger partial charge in [-0.15, -0.1) is 0 Å². The lowest BCUT2D eigenvalue weighted by Gasteiger charge is -2.33. The first-order valence-electron chi connectivity index (χ1n) is 12.3. The number of rotatable bonds is 8. The van der Waals surface area contributed by atoms with Crippen molar-refractivity contribution in [1.29, 1.82) is 0 Å². The molecule has 2 aromatic carbocycles. The number of benzene rings is 2. The zero-order valence-corrected chi connectivity index (χ0v) is 23.5. The van der Waals surface area contributed by atoms with E-state index < -0.39 is 27.2 Å². The topological polar surface area (TPSA) is 142 Å². The third-order valence-corrected chi connectivity index (χ3v) is 9.34. The molecule has 1 fully saturated rings. The Morgan fingerprint density at radius 2 is 2.00 bits per heavy atom. The Bertz CT molecular complexity index is 1680. The molecule has 0 unspecified atom stereocenters. The number of nitrogens with zero attached hydrogens (tertiary/aromatic N) is 2. The van der Waals surface area contributed by atoms with Crippen molar-refractivity contribution in [1.82, 2.24) is 19.8 Å². The predicted molar refractivity (Wildman–Crippen MR) is 152 cm³/mol. The number of hydrogen-bond acceptors (Lipinski definition) is 6. The average Bonchev–Trinajstić information content (AvgIpc) is 2.88. The van der Waals surface area contributed by atoms with Crippen molar-refractivity contribution in [3.8, 4) is 0 Å². The highest BCUT2D eigenvalue weighted by Gasteiger charge is 2.25. The van der Waals surface area contributed by atoms with Crippen LogP contribution in [-0.2, 0) is 22.9 Å². The van der Waals surface area contributed by atoms with Crippen molar-refractivity contribution in [2.75, 3.05) is 18.8 Å². The Hall–Kier alpha value is -3.12. The van der Waals surface area contributed by atoms with Crippen LogP contribution in [0.3, 0.4) is 0 Å². The van der Waals surface area contributed by atoms with Crippen LogP contribution in [0, 0.1) is 0 Å². The number of hydrogen-bond donors (Lipinski definition) is 3. The summed E-state index contributed by atoms with van der Waals surface area (Å²) in [4.78, 5) is 42.4. The van der Waals surface area contributed by atoms with Crippen molar-refractivity contribution in [2.24, 2.45) is 0 Å². The molecule has 0 aliphatic carbocycles. The minimum Gasteiger partial charge on any atom is -0.465 e. The van der Waals surface area contributed by atoms with Crippen molar-refractivity contribution in [3.63, 3.8) is 0 Å². The van der Waals surface area contributed by atoms with Crippen molar-refractivity contribution < 1.29 is 18.3 Å². The van der Waals surface area contributed by atoms with Gasteiger partial charge in [-0.25, -0.2) is 18.0 Å². The van der Waals surface area contributed by atoms with Crippen LogP contribution in [0.25, 0.3) is 17.0 Å². The van der Waals surface area contributed by atoms with E-state index in [0.29, 0.717) is 24.2 Å². The SMILES string of the molecule is C=Cc1cc2c(=O)n(Cc3cc(Cl)ccc3S(=O)(=O)CC)c(=O)[nH]c2c(Cl)c1CN1CCC[C@@H](NC(=O)O)C1. The predicted octanol–water partition coefficient (Wildman–Crippen LogP) is 3.71. The Morgan fingerprint density at radius 3 is 2.67 bits per heavy atom. The minimum atomic E-state index is -3.64. The molecule has 2 heterocycles. The first-order chi connectivity index (χ1) is 18.4. The number of sulfone groups is 1. The number of carboxylic acid groups (broad SMARTS) is 1. The molecule has 3 N–H and O–H groups in total. The summed E-state index contributed by atoms with van der Waals surface area (Å²) < 4.78 is 26.2. The third kappa shape index (κ3) is 6.06. The molecule has 208 valence electrons. The highest BCUT2D eigenvalue weighted by molar-refractivity contribution is 7.91. The number of halogens is 2. The molecule has 1 aromatic heterocycles. The smallest absolute Gasteiger partial charge is 0.404 e. The van der Waals surface area contributed by atoms with Crippen LogP contribution in [0.1, 0.15) is 36.5 Å². The fraction of sp³-hybridized carbons (Fsp3) is 0.346. The van der Waals surface area contributed by atoms with Crippen LogP contribution in [0.2, 0.25) is 10.0 Å². The number of fused-ring (bicyclic) bond motifs is 1. The van der Waals surface area contributed by atoms with Gasteiger partial charge in [-0.05, 0) is 60.3 Å². The minimum absolute atomic E-state index is 0.00168. The number of aromatic amines is 1. The number of likely N-dealkylation sites (tertiary alicyclic amines) is 1. The van der Waals surface area contributed by atoms with Crippen molar-refractivity contribution in [2.45, 2.75) is 43.8 Å². The summed E-state index contributed by atoms with van der Waals surface area (Å²) in [5.41, 5.74) is 0.220. The molecule has 1 saturated heterocycles. The summed E-state index contributed by atoms with van der Waals surface area (Å²) in [5, 5.41) is 12.2. The standard InChI is InChI=1S/C26H28Cl2N4O6S/c1-3-15-11-19-23(22(28)20(15)14-31-9-5-6-18(13-31)29-26(35)36)30-25(34)32(24(19)33)12-16-10-17(27)7-8-21(16)39(37,38)4-2/h3,7-8,10-11,18,29H,1,4-6,9,12-14H2,2H3,(H,30,34)(H,35,36)/t18-/m1/s1. The monoisotopic (exact) mass is 594 g/mol. The van der Waals surface area contributed by atoms with Crippen LogP contribution in [-0.4, -0.2) is 59.0 Å². The molecule has 1 amide bonds. The molecule has 1 atom stereocenters. The number of aromatic nitrogens is 2. The zero-order chi connectivity index (χ0) is 28.5. The van der Waals surface area contributed by atoms with Gasteiger partial charge in [0.15, 0.2) is 9.84 Å². The maximum absolute atomic E-state index is 13.5. The molecule has 0 radical (unpaired) electrons. The van der Waals surface area contributed by atoms with Gasteiger partial charge in [-0.3, -0.25) is 14.3 Å². The van der Waals surface area contributed by atoms with Crippen LogP contribution < -0.4 is 16.6 Å². The number of piperidine rings is 1. The number of H-pyrrole nitrogens is 1. The fourth-order valence-electron chi connectivity index (χ4n) is 4.92. The molecule has 1 aliphatic heterocycles. The summed E-state index contributed by atoms with van der Waals surface area (Å²) in [5.74, 6) is -0.157. The zero-order valence-electron chi connectivity index (χ0n) is 21.2. The Balaban J connectivity index is 1.77. The molecule has 3 aromatic rings. The maximum Gasteiger partial charge on any atom is 0.404 e. The van der Waals surface area contributed by atoms with E-state index in [1.54, 1.807) is 12.1 Å². The van der Waals surface area contributed by atoms with E-state index in [2.05, 4.69) is 21.8 Å². The van der Waals surface area contributed by atoms with E-state index in [4.69, 9.17) is 28.3 Å². The maximum atomic E-state index is 13.5. The first-order valence-corrected chi connectivity index (χ1v) is 14.7. The lowest BCUT2D eigenvalue weighted by Crippen LogP contribution is -2.47. The average molecular weight is 596 g/mol. The second kappa shape index (κ2) is 11.5. The van der Waals surface area contributed by atoms with Gasteiger partial charge in [0.1, 0.15) is 0 Å². The molecule has 0 spiro atoms. The van der Waals surface area contributed by atoms with Crippen LogP contribution >= 0.6 is 23.2 Å². The van der Waals surface area contributed by atoms with Gasteiger partial charge in [0.05, 0.1) is 33.1 Å². The van der Waals surface area contributed by atoms with E-state index in [-0.39, 0.29) is 49.7 Å². The van der Waals surface area contributed by atoms with Crippen molar-refractivity contribution in [3.05, 3.63) is 78.4 Å². The van der Waals surface area contributed by atoms with Gasteiger partial charge in [0.2, 0.25) is 0 Å². The van der Waals surface area contributed by atoms with Crippen LogP contribution in [0.15, 0.2) is 45.3 Å². The van der Waals surface area contributed by atoms with Crippen LogP contribution in [0.4, 0.5) is 4.79 Å². The molecule has 0 bridgehead atoms. The van der Waals surface area contributed by atoms with E-state index in [1.165, 1.54) is 25.1 Å². The van der Waals surface area contributed by atoms with Gasteiger partial charge < -0.3 is 15.4 Å². The van der Waals surface area contributed by atoms with Crippen LogP contribution in [0.5, 0.6) is 0 Å². The molecule has 1 aliphatic rings. The van der Waals surface area contributed by atoms with Gasteiger partial charge in [-0.2, -0.15) is 0 Å². The Kier molecular flexibility index (Phi) is 8.55. The number of carbonyl (C=O) groups is 1. The second-order valence-electron chi connectivity index (χ2n) is 9.39. The summed E-state index contributed by atoms with van der Waals surface area (Å²) >= 11 is 12.9. The summed E-state index contributed by atoms with van der Waals surface area (Å²) in [6, 6.07) is 5.61. The highest BCUT2D eigenvalue weighted by Crippen LogP contribution is 2.30. The molecule has 0 saturated carbocycles. The molecule has 13 heteroatoms. The van der Waals surface area contributed by atoms with E-state index in [0.717, 1.165) is 24.0 Å². The molecular formula is C26H28Cl2N4O6S. The quantitative estimate of drug-likeness (QED) is 0.361. The van der Waals surface area contributed by atoms with Gasteiger partial charge in [0.25, 0.3) is 5.56 Å². The highest BCUT2D eigenvalue weighted by atomic mass is 35.5. The Morgan fingerprint density at radius 1 is 1.26 bits per heavy atom. The molecule has 10 nitrogen and oxygen atoms in total. The second-order valence-corrected chi connectivity index (χ2v) is 12.4. The first kappa shape index (κ1) is 28.9. The fourth-order valence-corrected chi connectivity index (χ4v) is 6.54. The Labute approximate surface area is 234 Å². The largest absolute Gasteiger partial charge is 0.465 e. The van der Waals surface area contributed by atoms with E-state index in [1.807, 2.05) is 0 Å². The lowest BCUT2D eigenvalue weighted by atomic mass is 10.0. The number of nitrogens with one attached hydrogen (secondary N) is 2. The summed E-state index contributed by atoms with van der Waals surface area (Å²) in [6.07, 6.45) is 2.00. The van der Waals surface area contributed by atoms with E-state index >= 15 is 0 Å². The normalized spacial score (nSPS) is 16.3. The summed E-state index contributed by atoms with van der Waals surface area (Å²) in [7, 11) is -3.64.